The molecule has 9 heteroatoms. The summed E-state index contributed by atoms with van der Waals surface area (Å²) in [5.74, 6) is -0.507. The Labute approximate surface area is 105 Å². The molecule has 0 amide bonds. The van der Waals surface area contributed by atoms with Gasteiger partial charge in [0.05, 0.1) is 25.6 Å². The first-order valence-corrected chi connectivity index (χ1v) is 7.07. The minimum Gasteiger partial charge on any atom is -0.469 e. The summed E-state index contributed by atoms with van der Waals surface area (Å²) < 4.78 is 31.4. The van der Waals surface area contributed by atoms with Crippen molar-refractivity contribution in [3.63, 3.8) is 0 Å². The van der Waals surface area contributed by atoms with Crippen molar-refractivity contribution >= 4 is 16.0 Å². The first-order chi connectivity index (χ1) is 8.53. The number of nitrogens with one attached hydrogen (secondary N) is 1. The summed E-state index contributed by atoms with van der Waals surface area (Å²) in [6.07, 6.45) is 3.50. The first-order valence-electron chi connectivity index (χ1n) is 5.42. The fraction of sp³-hybridized carbons (Fsp3) is 0.667. The van der Waals surface area contributed by atoms with E-state index in [1.807, 2.05) is 0 Å². The van der Waals surface area contributed by atoms with Crippen LogP contribution in [0, 0.1) is 0 Å². The van der Waals surface area contributed by atoms with Crippen LogP contribution in [0.1, 0.15) is 12.8 Å². The fourth-order valence-electron chi connectivity index (χ4n) is 1.25. The average Bonchev–Trinajstić information content (AvgIpc) is 2.81. The number of esters is 1. The van der Waals surface area contributed by atoms with Crippen molar-refractivity contribution in [2.75, 3.05) is 19.4 Å². The number of carbonyl (C=O) groups excluding carboxylic acids is 1. The highest BCUT2D eigenvalue weighted by molar-refractivity contribution is 7.89. The highest BCUT2D eigenvalue weighted by Gasteiger charge is 2.11. The third kappa shape index (κ3) is 5.73. The van der Waals surface area contributed by atoms with Gasteiger partial charge in [-0.15, -0.1) is 5.10 Å². The molecular formula is C9H16N4O4S. The van der Waals surface area contributed by atoms with Crippen LogP contribution in [0.25, 0.3) is 0 Å². The van der Waals surface area contributed by atoms with E-state index in [1.165, 1.54) is 18.0 Å². The molecule has 0 radical (unpaired) electrons. The predicted octanol–water partition coefficient (Wildman–Crippen LogP) is -0.849. The van der Waals surface area contributed by atoms with Crippen LogP contribution in [-0.4, -0.2) is 48.8 Å². The van der Waals surface area contributed by atoms with E-state index in [2.05, 4.69) is 19.8 Å². The lowest BCUT2D eigenvalue weighted by molar-refractivity contribution is -0.140. The molecule has 0 fully saturated rings. The van der Waals surface area contributed by atoms with Gasteiger partial charge in [-0.05, 0) is 6.42 Å². The molecule has 0 atom stereocenters. The number of sulfonamides is 1. The quantitative estimate of drug-likeness (QED) is 0.620. The Morgan fingerprint density at radius 3 is 2.89 bits per heavy atom. The maximum absolute atomic E-state index is 11.5. The van der Waals surface area contributed by atoms with Gasteiger partial charge in [0.1, 0.15) is 0 Å². The van der Waals surface area contributed by atoms with Gasteiger partial charge in [0.2, 0.25) is 10.0 Å². The van der Waals surface area contributed by atoms with Crippen LogP contribution < -0.4 is 4.72 Å². The molecule has 18 heavy (non-hydrogen) atoms. The second-order valence-electron chi connectivity index (χ2n) is 3.56. The van der Waals surface area contributed by atoms with Crippen LogP contribution in [-0.2, 0) is 26.1 Å². The van der Waals surface area contributed by atoms with Gasteiger partial charge in [-0.2, -0.15) is 0 Å². The fourth-order valence-corrected chi connectivity index (χ4v) is 2.32. The van der Waals surface area contributed by atoms with E-state index in [9.17, 15) is 13.2 Å². The number of aromatic nitrogens is 3. The smallest absolute Gasteiger partial charge is 0.305 e. The second kappa shape index (κ2) is 7.07. The van der Waals surface area contributed by atoms with Crippen molar-refractivity contribution in [3.8, 4) is 0 Å². The summed E-state index contributed by atoms with van der Waals surface area (Å²) in [5.41, 5.74) is 0. The van der Waals surface area contributed by atoms with Gasteiger partial charge in [-0.25, -0.2) is 13.1 Å². The van der Waals surface area contributed by atoms with Gasteiger partial charge >= 0.3 is 5.97 Å². The van der Waals surface area contributed by atoms with E-state index in [-0.39, 0.29) is 25.1 Å². The number of rotatable bonds is 8. The molecule has 0 spiro atoms. The molecular weight excluding hydrogens is 260 g/mol. The lowest BCUT2D eigenvalue weighted by atomic mass is 10.3. The molecule has 0 unspecified atom stereocenters. The van der Waals surface area contributed by atoms with Crippen LogP contribution in [0.15, 0.2) is 12.4 Å². The molecule has 0 saturated carbocycles. The van der Waals surface area contributed by atoms with E-state index in [4.69, 9.17) is 0 Å². The summed E-state index contributed by atoms with van der Waals surface area (Å²) in [5, 5.41) is 7.30. The van der Waals surface area contributed by atoms with E-state index in [0.29, 0.717) is 6.54 Å². The van der Waals surface area contributed by atoms with Crippen molar-refractivity contribution < 1.29 is 17.9 Å². The van der Waals surface area contributed by atoms with Crippen LogP contribution in [0.3, 0.4) is 0 Å². The Morgan fingerprint density at radius 1 is 1.50 bits per heavy atom. The molecule has 1 heterocycles. The summed E-state index contributed by atoms with van der Waals surface area (Å²) in [6.45, 7) is 0.653. The molecule has 1 aromatic rings. The van der Waals surface area contributed by atoms with Crippen LogP contribution in [0.5, 0.6) is 0 Å². The third-order valence-corrected chi connectivity index (χ3v) is 3.63. The molecule has 0 aliphatic rings. The lowest BCUT2D eigenvalue weighted by Gasteiger charge is -2.06. The number of hydrogen-bond donors (Lipinski definition) is 1. The molecule has 0 aromatic carbocycles. The number of carbonyl (C=O) groups is 1. The molecule has 8 nitrogen and oxygen atoms in total. The summed E-state index contributed by atoms with van der Waals surface area (Å²) >= 11 is 0. The molecule has 0 aliphatic heterocycles. The summed E-state index contributed by atoms with van der Waals surface area (Å²) in [6, 6.07) is 0. The maximum Gasteiger partial charge on any atom is 0.305 e. The minimum absolute atomic E-state index is 0.0977. The van der Waals surface area contributed by atoms with Crippen molar-refractivity contribution in [1.82, 2.24) is 19.7 Å². The van der Waals surface area contributed by atoms with Crippen molar-refractivity contribution in [3.05, 3.63) is 12.4 Å². The Morgan fingerprint density at radius 2 is 2.28 bits per heavy atom. The van der Waals surface area contributed by atoms with Gasteiger partial charge in [-0.3, -0.25) is 9.48 Å². The third-order valence-electron chi connectivity index (χ3n) is 2.16. The zero-order valence-electron chi connectivity index (χ0n) is 10.1. The van der Waals surface area contributed by atoms with Gasteiger partial charge < -0.3 is 4.74 Å². The summed E-state index contributed by atoms with van der Waals surface area (Å²) in [7, 11) is -2.09. The van der Waals surface area contributed by atoms with Crippen molar-refractivity contribution in [2.45, 2.75) is 19.4 Å². The van der Waals surface area contributed by atoms with Crippen molar-refractivity contribution in [1.29, 1.82) is 0 Å². The maximum atomic E-state index is 11.5. The first kappa shape index (κ1) is 14.6. The van der Waals surface area contributed by atoms with Gasteiger partial charge in [0.15, 0.2) is 0 Å². The Hall–Kier alpha value is -1.48. The van der Waals surface area contributed by atoms with E-state index in [0.717, 1.165) is 0 Å². The Bertz CT molecular complexity index is 457. The largest absolute Gasteiger partial charge is 0.469 e. The molecule has 0 saturated heterocycles. The predicted molar refractivity (Wildman–Crippen MR) is 63.1 cm³/mol. The second-order valence-corrected chi connectivity index (χ2v) is 5.49. The van der Waals surface area contributed by atoms with Crippen molar-refractivity contribution in [2.24, 2.45) is 0 Å². The molecule has 102 valence electrons. The monoisotopic (exact) mass is 276 g/mol. The molecule has 0 aliphatic carbocycles. The van der Waals surface area contributed by atoms with Gasteiger partial charge in [-0.1, -0.05) is 5.21 Å². The molecule has 1 N–H and O–H groups in total. The molecule has 1 aromatic heterocycles. The number of nitrogens with zero attached hydrogens (tertiary/aromatic N) is 3. The van der Waals surface area contributed by atoms with Gasteiger partial charge in [0.25, 0.3) is 0 Å². The number of hydrogen-bond acceptors (Lipinski definition) is 6. The van der Waals surface area contributed by atoms with Crippen LogP contribution >= 0.6 is 0 Å². The van der Waals surface area contributed by atoms with E-state index in [1.54, 1.807) is 6.20 Å². The lowest BCUT2D eigenvalue weighted by Crippen LogP contribution is -2.30. The molecule has 0 bridgehead atoms. The topological polar surface area (TPSA) is 103 Å². The van der Waals surface area contributed by atoms with E-state index < -0.39 is 16.0 Å². The standard InChI is InChI=1S/C9H16N4O4S/c1-17-9(14)3-2-8-18(15,16)11-5-7-13-6-4-10-12-13/h4,6,11H,2-3,5,7-8H2,1H3. The number of methoxy groups -OCH3 is 1. The van der Waals surface area contributed by atoms with Crippen LogP contribution in [0.4, 0.5) is 0 Å². The molecule has 1 rings (SSSR count). The zero-order valence-corrected chi connectivity index (χ0v) is 10.9. The van der Waals surface area contributed by atoms with E-state index >= 15 is 0 Å². The highest BCUT2D eigenvalue weighted by Crippen LogP contribution is 1.96. The zero-order chi connectivity index (χ0) is 13.4. The SMILES string of the molecule is COC(=O)CCCS(=O)(=O)NCCn1ccnn1. The number of ether oxygens (including phenoxy) is 1. The average molecular weight is 276 g/mol. The highest BCUT2D eigenvalue weighted by atomic mass is 32.2. The Balaban J connectivity index is 2.21. The normalized spacial score (nSPS) is 11.4. The summed E-state index contributed by atoms with van der Waals surface area (Å²) in [4.78, 5) is 10.8. The minimum atomic E-state index is -3.36. The Kier molecular flexibility index (Phi) is 5.72. The van der Waals surface area contributed by atoms with Crippen LogP contribution in [0.2, 0.25) is 0 Å². The van der Waals surface area contributed by atoms with Gasteiger partial charge in [0, 0.05) is 19.2 Å².